The quantitative estimate of drug-likeness (QED) is 0.846. The van der Waals surface area contributed by atoms with E-state index in [1.54, 1.807) is 7.11 Å². The zero-order valence-corrected chi connectivity index (χ0v) is 12.9. The summed E-state index contributed by atoms with van der Waals surface area (Å²) >= 11 is 0. The number of nitrogens with one attached hydrogen (secondary N) is 1. The molecule has 0 radical (unpaired) electrons. The molecule has 4 nitrogen and oxygen atoms in total. The van der Waals surface area contributed by atoms with Gasteiger partial charge in [0.15, 0.2) is 0 Å². The highest BCUT2D eigenvalue weighted by atomic mass is 16.5. The van der Waals surface area contributed by atoms with Crippen molar-refractivity contribution in [1.82, 2.24) is 5.32 Å². The van der Waals surface area contributed by atoms with Crippen LogP contribution in [0.1, 0.15) is 44.1 Å². The van der Waals surface area contributed by atoms with Gasteiger partial charge in [0, 0.05) is 13.0 Å². The van der Waals surface area contributed by atoms with E-state index in [2.05, 4.69) is 5.32 Å². The van der Waals surface area contributed by atoms with E-state index in [0.29, 0.717) is 19.5 Å². The Morgan fingerprint density at radius 2 is 1.90 bits per heavy atom. The monoisotopic (exact) mass is 290 g/mol. The van der Waals surface area contributed by atoms with E-state index in [4.69, 9.17) is 10.5 Å². The number of hydrogen-bond donors (Lipinski definition) is 2. The van der Waals surface area contributed by atoms with E-state index < -0.39 is 0 Å². The van der Waals surface area contributed by atoms with E-state index in [1.807, 2.05) is 24.3 Å². The molecule has 4 heteroatoms. The molecule has 0 saturated heterocycles. The fraction of sp³-hybridized carbons (Fsp3) is 0.588. The third kappa shape index (κ3) is 4.46. The molecule has 0 aromatic heterocycles. The number of benzene rings is 1. The first-order valence-electron chi connectivity index (χ1n) is 7.77. The van der Waals surface area contributed by atoms with Crippen molar-refractivity contribution in [2.24, 2.45) is 11.1 Å². The van der Waals surface area contributed by atoms with Crippen LogP contribution in [0.5, 0.6) is 5.75 Å². The maximum atomic E-state index is 12.2. The SMILES string of the molecule is COc1ccc(CNC(=O)CC2(CN)CCCCC2)cc1. The first-order chi connectivity index (χ1) is 10.2. The van der Waals surface area contributed by atoms with Crippen LogP contribution < -0.4 is 15.8 Å². The van der Waals surface area contributed by atoms with Crippen LogP contribution in [0.25, 0.3) is 0 Å². The van der Waals surface area contributed by atoms with Gasteiger partial charge in [0.1, 0.15) is 5.75 Å². The van der Waals surface area contributed by atoms with Crippen LogP contribution in [0.3, 0.4) is 0 Å². The van der Waals surface area contributed by atoms with Gasteiger partial charge in [-0.1, -0.05) is 31.4 Å². The average molecular weight is 290 g/mol. The maximum Gasteiger partial charge on any atom is 0.220 e. The predicted molar refractivity (Wildman–Crippen MR) is 84.0 cm³/mol. The van der Waals surface area contributed by atoms with E-state index in [0.717, 1.165) is 24.2 Å². The Kier molecular flexibility index (Phi) is 5.62. The van der Waals surface area contributed by atoms with Crippen LogP contribution in [0, 0.1) is 5.41 Å². The summed E-state index contributed by atoms with van der Waals surface area (Å²) in [5, 5.41) is 3.01. The Morgan fingerprint density at radius 1 is 1.24 bits per heavy atom. The molecule has 0 aliphatic heterocycles. The van der Waals surface area contributed by atoms with Crippen LogP contribution >= 0.6 is 0 Å². The molecule has 0 bridgehead atoms. The zero-order chi connectivity index (χ0) is 15.1. The minimum Gasteiger partial charge on any atom is -0.497 e. The van der Waals surface area contributed by atoms with Gasteiger partial charge in [-0.05, 0) is 42.5 Å². The summed E-state index contributed by atoms with van der Waals surface area (Å²) in [5.41, 5.74) is 7.04. The molecular formula is C17H26N2O2. The standard InChI is InChI=1S/C17H26N2O2/c1-21-15-7-5-14(6-8-15)12-19-16(20)11-17(13-18)9-3-2-4-10-17/h5-8H,2-4,9-13,18H2,1H3,(H,19,20). The minimum absolute atomic E-state index is 0.0300. The molecule has 0 spiro atoms. The van der Waals surface area contributed by atoms with Gasteiger partial charge >= 0.3 is 0 Å². The molecule has 1 aliphatic carbocycles. The lowest BCUT2D eigenvalue weighted by Gasteiger charge is -2.35. The van der Waals surface area contributed by atoms with Gasteiger partial charge in [-0.15, -0.1) is 0 Å². The maximum absolute atomic E-state index is 12.2. The molecule has 1 amide bonds. The highest BCUT2D eigenvalue weighted by Gasteiger charge is 2.32. The van der Waals surface area contributed by atoms with Crippen molar-refractivity contribution in [3.05, 3.63) is 29.8 Å². The molecule has 1 fully saturated rings. The number of hydrogen-bond acceptors (Lipinski definition) is 3. The lowest BCUT2D eigenvalue weighted by molar-refractivity contribution is -0.124. The van der Waals surface area contributed by atoms with Crippen molar-refractivity contribution < 1.29 is 9.53 Å². The van der Waals surface area contributed by atoms with Gasteiger partial charge in [-0.25, -0.2) is 0 Å². The van der Waals surface area contributed by atoms with E-state index >= 15 is 0 Å². The molecule has 116 valence electrons. The average Bonchev–Trinajstić information content (AvgIpc) is 2.54. The van der Waals surface area contributed by atoms with Gasteiger partial charge in [0.25, 0.3) is 0 Å². The fourth-order valence-corrected chi connectivity index (χ4v) is 3.10. The number of methoxy groups -OCH3 is 1. The van der Waals surface area contributed by atoms with Crippen LogP contribution in [0.4, 0.5) is 0 Å². The predicted octanol–water partition coefficient (Wildman–Crippen LogP) is 2.61. The molecule has 0 unspecified atom stereocenters. The van der Waals surface area contributed by atoms with Crippen molar-refractivity contribution >= 4 is 5.91 Å². The van der Waals surface area contributed by atoms with Crippen molar-refractivity contribution in [1.29, 1.82) is 0 Å². The van der Waals surface area contributed by atoms with E-state index in [1.165, 1.54) is 19.3 Å². The molecule has 1 aliphatic rings. The number of carbonyl (C=O) groups excluding carboxylic acids is 1. The Balaban J connectivity index is 1.83. The molecular weight excluding hydrogens is 264 g/mol. The number of nitrogens with two attached hydrogens (primary N) is 1. The fourth-order valence-electron chi connectivity index (χ4n) is 3.10. The van der Waals surface area contributed by atoms with Crippen LogP contribution in [0.2, 0.25) is 0 Å². The summed E-state index contributed by atoms with van der Waals surface area (Å²) in [6, 6.07) is 7.75. The topological polar surface area (TPSA) is 64.3 Å². The Morgan fingerprint density at radius 3 is 2.48 bits per heavy atom. The third-order valence-corrected chi connectivity index (χ3v) is 4.53. The molecule has 1 saturated carbocycles. The van der Waals surface area contributed by atoms with E-state index in [9.17, 15) is 4.79 Å². The van der Waals surface area contributed by atoms with Gasteiger partial charge in [-0.3, -0.25) is 4.79 Å². The largest absolute Gasteiger partial charge is 0.497 e. The first kappa shape index (κ1) is 15.8. The van der Waals surface area contributed by atoms with Gasteiger partial charge < -0.3 is 15.8 Å². The summed E-state index contributed by atoms with van der Waals surface area (Å²) in [7, 11) is 1.65. The molecule has 1 aromatic carbocycles. The Labute approximate surface area is 127 Å². The second-order valence-electron chi connectivity index (χ2n) is 6.07. The highest BCUT2D eigenvalue weighted by molar-refractivity contribution is 5.76. The Bertz CT molecular complexity index is 450. The number of rotatable bonds is 6. The van der Waals surface area contributed by atoms with Gasteiger partial charge in [0.2, 0.25) is 5.91 Å². The lowest BCUT2D eigenvalue weighted by atomic mass is 9.71. The lowest BCUT2D eigenvalue weighted by Crippen LogP contribution is -2.38. The van der Waals surface area contributed by atoms with Gasteiger partial charge in [-0.2, -0.15) is 0 Å². The zero-order valence-electron chi connectivity index (χ0n) is 12.9. The summed E-state index contributed by atoms with van der Waals surface area (Å²) < 4.78 is 5.12. The molecule has 3 N–H and O–H groups in total. The molecule has 21 heavy (non-hydrogen) atoms. The summed E-state index contributed by atoms with van der Waals surface area (Å²) in [4.78, 5) is 12.2. The summed E-state index contributed by atoms with van der Waals surface area (Å²) in [6.45, 7) is 1.17. The molecule has 1 aromatic rings. The van der Waals surface area contributed by atoms with Crippen LogP contribution in [-0.2, 0) is 11.3 Å². The van der Waals surface area contributed by atoms with Crippen LogP contribution in [-0.4, -0.2) is 19.6 Å². The summed E-state index contributed by atoms with van der Waals surface area (Å²) in [6.07, 6.45) is 6.39. The number of amides is 1. The second-order valence-corrected chi connectivity index (χ2v) is 6.07. The third-order valence-electron chi connectivity index (χ3n) is 4.53. The second kappa shape index (κ2) is 7.46. The Hall–Kier alpha value is -1.55. The molecule has 0 atom stereocenters. The van der Waals surface area contributed by atoms with E-state index in [-0.39, 0.29) is 11.3 Å². The van der Waals surface area contributed by atoms with Crippen molar-refractivity contribution in [2.75, 3.05) is 13.7 Å². The van der Waals surface area contributed by atoms with Crippen LogP contribution in [0.15, 0.2) is 24.3 Å². The number of ether oxygens (including phenoxy) is 1. The summed E-state index contributed by atoms with van der Waals surface area (Å²) in [5.74, 6) is 0.938. The normalized spacial score (nSPS) is 17.2. The van der Waals surface area contributed by atoms with Crippen molar-refractivity contribution in [3.8, 4) is 5.75 Å². The minimum atomic E-state index is 0.0300. The first-order valence-corrected chi connectivity index (χ1v) is 7.77. The highest BCUT2D eigenvalue weighted by Crippen LogP contribution is 2.38. The van der Waals surface area contributed by atoms with Crippen molar-refractivity contribution in [2.45, 2.75) is 45.1 Å². The number of carbonyl (C=O) groups is 1. The van der Waals surface area contributed by atoms with Crippen molar-refractivity contribution in [3.63, 3.8) is 0 Å². The van der Waals surface area contributed by atoms with Gasteiger partial charge in [0.05, 0.1) is 7.11 Å². The molecule has 2 rings (SSSR count). The molecule has 0 heterocycles. The smallest absolute Gasteiger partial charge is 0.220 e.